The summed E-state index contributed by atoms with van der Waals surface area (Å²) in [4.78, 5) is 2.61. The van der Waals surface area contributed by atoms with Crippen LogP contribution in [-0.4, -0.2) is 36.6 Å². The number of likely N-dealkylation sites (tertiary alicyclic amines) is 1. The number of benzene rings is 1. The van der Waals surface area contributed by atoms with Gasteiger partial charge in [-0.1, -0.05) is 44.2 Å². The first-order chi connectivity index (χ1) is 9.99. The smallest absolute Gasteiger partial charge is 0.0192 e. The van der Waals surface area contributed by atoms with Gasteiger partial charge in [-0.15, -0.1) is 0 Å². The fourth-order valence-corrected chi connectivity index (χ4v) is 3.53. The molecule has 1 aromatic rings. The van der Waals surface area contributed by atoms with Gasteiger partial charge in [0.1, 0.15) is 0 Å². The van der Waals surface area contributed by atoms with Gasteiger partial charge in [0.15, 0.2) is 0 Å². The van der Waals surface area contributed by atoms with Gasteiger partial charge in [-0.25, -0.2) is 0 Å². The second-order valence-corrected chi connectivity index (χ2v) is 7.36. The highest BCUT2D eigenvalue weighted by Gasteiger charge is 2.24. The minimum atomic E-state index is 0.227. The molecule has 21 heavy (non-hydrogen) atoms. The molecule has 1 fully saturated rings. The van der Waals surface area contributed by atoms with Gasteiger partial charge in [0, 0.05) is 18.6 Å². The summed E-state index contributed by atoms with van der Waals surface area (Å²) < 4.78 is 0. The second-order valence-electron chi connectivity index (χ2n) is 7.36. The highest BCUT2D eigenvalue weighted by atomic mass is 15.2. The van der Waals surface area contributed by atoms with Crippen LogP contribution in [0.2, 0.25) is 0 Å². The average molecular weight is 288 g/mol. The average Bonchev–Trinajstić information content (AvgIpc) is 2.99. The van der Waals surface area contributed by atoms with Gasteiger partial charge in [-0.3, -0.25) is 4.90 Å². The van der Waals surface area contributed by atoms with Gasteiger partial charge in [-0.2, -0.15) is 0 Å². The number of hydrogen-bond donors (Lipinski definition) is 1. The predicted octanol–water partition coefficient (Wildman–Crippen LogP) is 3.82. The summed E-state index contributed by atoms with van der Waals surface area (Å²) in [6.07, 6.45) is 3.92. The van der Waals surface area contributed by atoms with Gasteiger partial charge in [0.2, 0.25) is 0 Å². The highest BCUT2D eigenvalue weighted by molar-refractivity contribution is 5.23. The van der Waals surface area contributed by atoms with E-state index in [9.17, 15) is 0 Å². The molecule has 1 N–H and O–H groups in total. The van der Waals surface area contributed by atoms with E-state index in [1.165, 1.54) is 37.9 Å². The first kappa shape index (κ1) is 16.5. The van der Waals surface area contributed by atoms with Crippen molar-refractivity contribution in [1.82, 2.24) is 10.2 Å². The highest BCUT2D eigenvalue weighted by Crippen LogP contribution is 2.28. The Morgan fingerprint density at radius 1 is 1.10 bits per heavy atom. The van der Waals surface area contributed by atoms with E-state index in [1.807, 2.05) is 0 Å². The van der Waals surface area contributed by atoms with E-state index in [0.29, 0.717) is 12.1 Å². The molecule has 2 atom stereocenters. The Morgan fingerprint density at radius 2 is 1.71 bits per heavy atom. The van der Waals surface area contributed by atoms with Crippen molar-refractivity contribution in [3.63, 3.8) is 0 Å². The van der Waals surface area contributed by atoms with Crippen molar-refractivity contribution in [3.05, 3.63) is 35.9 Å². The molecule has 1 aliphatic heterocycles. The molecule has 118 valence electrons. The van der Waals surface area contributed by atoms with Crippen LogP contribution >= 0.6 is 0 Å². The zero-order valence-electron chi connectivity index (χ0n) is 14.2. The summed E-state index contributed by atoms with van der Waals surface area (Å²) in [5.41, 5.74) is 1.66. The molecule has 1 saturated heterocycles. The Labute approximate surface area is 130 Å². The lowest BCUT2D eigenvalue weighted by Crippen LogP contribution is -2.43. The predicted molar refractivity (Wildman–Crippen MR) is 91.8 cm³/mol. The molecule has 1 aromatic carbocycles. The molecule has 2 rings (SSSR count). The van der Waals surface area contributed by atoms with Crippen LogP contribution in [0.3, 0.4) is 0 Å². The van der Waals surface area contributed by atoms with Crippen LogP contribution in [0.25, 0.3) is 0 Å². The van der Waals surface area contributed by atoms with Gasteiger partial charge in [0.25, 0.3) is 0 Å². The Bertz CT molecular complexity index is 407. The maximum absolute atomic E-state index is 3.74. The summed E-state index contributed by atoms with van der Waals surface area (Å²) >= 11 is 0. The summed E-state index contributed by atoms with van der Waals surface area (Å²) in [6.45, 7) is 13.1. The molecule has 0 saturated carbocycles. The number of hydrogen-bond acceptors (Lipinski definition) is 2. The Kier molecular flexibility index (Phi) is 5.83. The van der Waals surface area contributed by atoms with Crippen LogP contribution < -0.4 is 5.32 Å². The van der Waals surface area contributed by atoms with E-state index >= 15 is 0 Å². The standard InChI is InChI=1S/C19H32N2/c1-16(20-15-17(2)21-12-8-9-13-21)14-19(3,4)18-10-6-5-7-11-18/h5-7,10-11,16-17,20H,8-9,12-15H2,1-4H3. The lowest BCUT2D eigenvalue weighted by Gasteiger charge is -2.31. The number of rotatable bonds is 7. The van der Waals surface area contributed by atoms with Crippen molar-refractivity contribution in [2.45, 2.75) is 64.5 Å². The first-order valence-electron chi connectivity index (χ1n) is 8.52. The van der Waals surface area contributed by atoms with Crippen LogP contribution in [0, 0.1) is 0 Å². The minimum Gasteiger partial charge on any atom is -0.313 e. The van der Waals surface area contributed by atoms with E-state index in [1.54, 1.807) is 0 Å². The maximum Gasteiger partial charge on any atom is 0.0192 e. The lowest BCUT2D eigenvalue weighted by molar-refractivity contribution is 0.241. The van der Waals surface area contributed by atoms with E-state index < -0.39 is 0 Å². The topological polar surface area (TPSA) is 15.3 Å². The first-order valence-corrected chi connectivity index (χ1v) is 8.52. The number of nitrogens with zero attached hydrogens (tertiary/aromatic N) is 1. The van der Waals surface area contributed by atoms with Crippen LogP contribution in [0.1, 0.15) is 52.5 Å². The monoisotopic (exact) mass is 288 g/mol. The van der Waals surface area contributed by atoms with Crippen molar-refractivity contribution in [2.75, 3.05) is 19.6 Å². The van der Waals surface area contributed by atoms with Gasteiger partial charge >= 0.3 is 0 Å². The van der Waals surface area contributed by atoms with E-state index in [4.69, 9.17) is 0 Å². The van der Waals surface area contributed by atoms with Crippen molar-refractivity contribution >= 4 is 0 Å². The molecule has 0 aliphatic carbocycles. The van der Waals surface area contributed by atoms with Crippen LogP contribution in [-0.2, 0) is 5.41 Å². The quantitative estimate of drug-likeness (QED) is 0.820. The van der Waals surface area contributed by atoms with Crippen molar-refractivity contribution in [2.24, 2.45) is 0 Å². The van der Waals surface area contributed by atoms with Gasteiger partial charge in [0.05, 0.1) is 0 Å². The lowest BCUT2D eigenvalue weighted by atomic mass is 9.79. The van der Waals surface area contributed by atoms with Crippen LogP contribution in [0.4, 0.5) is 0 Å². The molecule has 1 heterocycles. The maximum atomic E-state index is 3.74. The third-order valence-corrected chi connectivity index (χ3v) is 4.90. The largest absolute Gasteiger partial charge is 0.313 e. The molecule has 2 heteroatoms. The SMILES string of the molecule is CC(CC(C)(C)c1ccccc1)NCC(C)N1CCCC1. The van der Waals surface area contributed by atoms with E-state index in [0.717, 1.165) is 6.54 Å². The Balaban J connectivity index is 1.79. The summed E-state index contributed by atoms with van der Waals surface area (Å²) in [5, 5.41) is 3.74. The van der Waals surface area contributed by atoms with E-state index in [-0.39, 0.29) is 5.41 Å². The van der Waals surface area contributed by atoms with Crippen molar-refractivity contribution < 1.29 is 0 Å². The molecular weight excluding hydrogens is 256 g/mol. The van der Waals surface area contributed by atoms with Gasteiger partial charge < -0.3 is 5.32 Å². The Morgan fingerprint density at radius 3 is 2.33 bits per heavy atom. The molecule has 0 amide bonds. The Hall–Kier alpha value is -0.860. The normalized spacial score (nSPS) is 19.6. The number of nitrogens with one attached hydrogen (secondary N) is 1. The summed E-state index contributed by atoms with van der Waals surface area (Å²) in [6, 6.07) is 12.1. The van der Waals surface area contributed by atoms with Crippen LogP contribution in [0.15, 0.2) is 30.3 Å². The van der Waals surface area contributed by atoms with Crippen LogP contribution in [0.5, 0.6) is 0 Å². The molecule has 2 nitrogen and oxygen atoms in total. The molecule has 2 unspecified atom stereocenters. The molecule has 0 bridgehead atoms. The zero-order valence-corrected chi connectivity index (χ0v) is 14.2. The third kappa shape index (κ3) is 4.82. The van der Waals surface area contributed by atoms with Crippen molar-refractivity contribution in [3.8, 4) is 0 Å². The van der Waals surface area contributed by atoms with Gasteiger partial charge in [-0.05, 0) is 57.2 Å². The van der Waals surface area contributed by atoms with E-state index in [2.05, 4.69) is 68.2 Å². The fourth-order valence-electron chi connectivity index (χ4n) is 3.53. The second kappa shape index (κ2) is 7.42. The summed E-state index contributed by atoms with van der Waals surface area (Å²) in [7, 11) is 0. The molecule has 0 aromatic heterocycles. The van der Waals surface area contributed by atoms with Crippen molar-refractivity contribution in [1.29, 1.82) is 0 Å². The molecule has 1 aliphatic rings. The summed E-state index contributed by atoms with van der Waals surface area (Å²) in [5.74, 6) is 0. The molecule has 0 spiro atoms. The third-order valence-electron chi connectivity index (χ3n) is 4.90. The minimum absolute atomic E-state index is 0.227. The molecular formula is C19H32N2. The zero-order chi connectivity index (χ0) is 15.3. The molecule has 0 radical (unpaired) electrons. The fraction of sp³-hybridized carbons (Fsp3) is 0.684.